The first-order valence-electron chi connectivity index (χ1n) is 7.49. The van der Waals surface area contributed by atoms with Crippen LogP contribution in [0.5, 0.6) is 0 Å². The summed E-state index contributed by atoms with van der Waals surface area (Å²) in [6.07, 6.45) is -0.594. The highest BCUT2D eigenvalue weighted by atomic mass is 32.3. The lowest BCUT2D eigenvalue weighted by molar-refractivity contribution is -0.131. The Bertz CT molecular complexity index is 634. The highest BCUT2D eigenvalue weighted by Gasteiger charge is 2.33. The van der Waals surface area contributed by atoms with Gasteiger partial charge in [0.15, 0.2) is 0 Å². The second-order valence-corrected chi connectivity index (χ2v) is 6.64. The van der Waals surface area contributed by atoms with E-state index >= 15 is 0 Å². The fourth-order valence-electron chi connectivity index (χ4n) is 2.47. The topological polar surface area (TPSA) is 111 Å². The smallest absolute Gasteiger partial charge is 0.373 e. The lowest BCUT2D eigenvalue weighted by Gasteiger charge is -2.36. The molecule has 0 saturated carbocycles. The third-order valence-electron chi connectivity index (χ3n) is 3.55. The highest BCUT2D eigenvalue weighted by molar-refractivity contribution is 7.80. The number of carbonyl (C=O) groups excluding carboxylic acids is 1. The molecule has 1 heterocycles. The molecule has 1 amide bonds. The molecule has 134 valence electrons. The minimum atomic E-state index is -4.52. The van der Waals surface area contributed by atoms with Crippen LogP contribution in [0.25, 0.3) is 0 Å². The molecule has 1 fully saturated rings. The molecule has 2 rings (SSSR count). The number of hydrogen-bond donors (Lipinski definition) is 2. The Morgan fingerprint density at radius 1 is 1.38 bits per heavy atom. The van der Waals surface area contributed by atoms with Gasteiger partial charge in [-0.05, 0) is 5.56 Å². The molecular weight excluding hydrogens is 338 g/mol. The maximum atomic E-state index is 11.3. The van der Waals surface area contributed by atoms with Crippen molar-refractivity contribution < 1.29 is 31.4 Å². The molecule has 0 aromatic heterocycles. The Morgan fingerprint density at radius 2 is 2.08 bits per heavy atom. The lowest BCUT2D eigenvalue weighted by Crippen LogP contribution is -2.53. The van der Waals surface area contributed by atoms with E-state index in [4.69, 9.17) is 14.0 Å². The van der Waals surface area contributed by atoms with E-state index in [2.05, 4.69) is 9.50 Å². The summed E-state index contributed by atoms with van der Waals surface area (Å²) in [5.41, 5.74) is 0.983. The van der Waals surface area contributed by atoms with Crippen LogP contribution in [0.3, 0.4) is 0 Å². The molecule has 1 aliphatic rings. The predicted molar refractivity (Wildman–Crippen MR) is 84.5 cm³/mol. The second kappa shape index (κ2) is 8.54. The van der Waals surface area contributed by atoms with Gasteiger partial charge in [0.05, 0.1) is 38.1 Å². The first kappa shape index (κ1) is 18.8. The lowest BCUT2D eigenvalue weighted by atomic mass is 10.0. The fraction of sp³-hybridized carbons (Fsp3) is 0.533. The summed E-state index contributed by atoms with van der Waals surface area (Å²) in [6.45, 7) is 1.62. The molecule has 0 spiro atoms. The van der Waals surface area contributed by atoms with Crippen molar-refractivity contribution in [1.29, 1.82) is 0 Å². The van der Waals surface area contributed by atoms with Crippen LogP contribution in [0.15, 0.2) is 30.3 Å². The molecule has 0 radical (unpaired) electrons. The van der Waals surface area contributed by atoms with Gasteiger partial charge < -0.3 is 14.8 Å². The highest BCUT2D eigenvalue weighted by Crippen LogP contribution is 2.20. The maximum Gasteiger partial charge on any atom is 0.397 e. The van der Waals surface area contributed by atoms with Gasteiger partial charge in [0.1, 0.15) is 0 Å². The average molecular weight is 359 g/mol. The molecular formula is C15H21NO7S. The van der Waals surface area contributed by atoms with Gasteiger partial charge in [0.2, 0.25) is 5.91 Å². The van der Waals surface area contributed by atoms with Crippen molar-refractivity contribution >= 4 is 16.3 Å². The molecule has 1 saturated heterocycles. The van der Waals surface area contributed by atoms with Gasteiger partial charge in [-0.2, -0.15) is 8.42 Å². The van der Waals surface area contributed by atoms with Crippen molar-refractivity contribution in [2.75, 3.05) is 13.2 Å². The number of rotatable bonds is 7. The molecule has 1 aromatic carbocycles. The molecule has 1 aromatic rings. The maximum absolute atomic E-state index is 11.3. The summed E-state index contributed by atoms with van der Waals surface area (Å²) < 4.78 is 45.7. The minimum absolute atomic E-state index is 0.165. The second-order valence-electron chi connectivity index (χ2n) is 5.55. The van der Waals surface area contributed by atoms with Crippen molar-refractivity contribution in [1.82, 2.24) is 5.32 Å². The summed E-state index contributed by atoms with van der Waals surface area (Å²) in [4.78, 5) is 11.3. The van der Waals surface area contributed by atoms with E-state index in [1.165, 1.54) is 6.92 Å². The minimum Gasteiger partial charge on any atom is -0.373 e. The van der Waals surface area contributed by atoms with Gasteiger partial charge in [0, 0.05) is 13.3 Å². The molecule has 24 heavy (non-hydrogen) atoms. The Kier molecular flexibility index (Phi) is 6.69. The summed E-state index contributed by atoms with van der Waals surface area (Å²) in [7, 11) is -4.52. The number of nitrogens with one attached hydrogen (secondary N) is 1. The van der Waals surface area contributed by atoms with Gasteiger partial charge >= 0.3 is 10.4 Å². The number of carbonyl (C=O) groups is 1. The van der Waals surface area contributed by atoms with E-state index in [0.29, 0.717) is 13.0 Å². The van der Waals surface area contributed by atoms with Crippen LogP contribution >= 0.6 is 0 Å². The van der Waals surface area contributed by atoms with Crippen LogP contribution in [0.4, 0.5) is 0 Å². The average Bonchev–Trinajstić information content (AvgIpc) is 2.52. The fourth-order valence-corrected chi connectivity index (χ4v) is 2.80. The van der Waals surface area contributed by atoms with Gasteiger partial charge in [-0.25, -0.2) is 4.18 Å². The monoisotopic (exact) mass is 359 g/mol. The van der Waals surface area contributed by atoms with E-state index in [1.54, 1.807) is 0 Å². The van der Waals surface area contributed by atoms with Crippen LogP contribution in [0.1, 0.15) is 18.9 Å². The zero-order valence-electron chi connectivity index (χ0n) is 13.3. The molecule has 2 N–H and O–H groups in total. The quantitative estimate of drug-likeness (QED) is 0.689. The predicted octanol–water partition coefficient (Wildman–Crippen LogP) is 0.685. The van der Waals surface area contributed by atoms with Crippen LogP contribution in [-0.2, 0) is 35.5 Å². The van der Waals surface area contributed by atoms with Crippen molar-refractivity contribution in [3.8, 4) is 0 Å². The Labute approximate surface area is 141 Å². The van der Waals surface area contributed by atoms with Crippen LogP contribution in [-0.4, -0.2) is 50.3 Å². The third kappa shape index (κ3) is 6.54. The SMILES string of the molecule is CC(=O)NC1COC(COS(=O)(=O)O)C[C@H]1OCc1ccccc1. The van der Waals surface area contributed by atoms with E-state index in [9.17, 15) is 13.2 Å². The molecule has 8 nitrogen and oxygen atoms in total. The van der Waals surface area contributed by atoms with Gasteiger partial charge in [0.25, 0.3) is 0 Å². The van der Waals surface area contributed by atoms with Crippen molar-refractivity contribution in [3.63, 3.8) is 0 Å². The van der Waals surface area contributed by atoms with Gasteiger partial charge in [-0.1, -0.05) is 30.3 Å². The summed E-state index contributed by atoms with van der Waals surface area (Å²) in [5.74, 6) is -0.204. The van der Waals surface area contributed by atoms with Gasteiger partial charge in [-0.3, -0.25) is 9.35 Å². The number of benzene rings is 1. The van der Waals surface area contributed by atoms with Crippen molar-refractivity contribution in [2.24, 2.45) is 0 Å². The Hall–Kier alpha value is -1.52. The molecule has 2 unspecified atom stereocenters. The van der Waals surface area contributed by atoms with Crippen molar-refractivity contribution in [3.05, 3.63) is 35.9 Å². The molecule has 1 aliphatic heterocycles. The zero-order valence-corrected chi connectivity index (χ0v) is 14.1. The Morgan fingerprint density at radius 3 is 2.71 bits per heavy atom. The number of amides is 1. The number of ether oxygens (including phenoxy) is 2. The largest absolute Gasteiger partial charge is 0.397 e. The van der Waals surface area contributed by atoms with E-state index in [-0.39, 0.29) is 31.3 Å². The molecule has 0 bridgehead atoms. The van der Waals surface area contributed by atoms with Crippen LogP contribution < -0.4 is 5.32 Å². The zero-order chi connectivity index (χ0) is 17.6. The molecule has 0 aliphatic carbocycles. The standard InChI is InChI=1S/C15H21NO7S/c1-11(17)16-14-10-21-13(9-23-24(18,19)20)7-15(14)22-8-12-5-3-2-4-6-12/h2-6,13-15H,7-10H2,1H3,(H,16,17)(H,18,19,20)/t13?,14?,15-/m1/s1. The Balaban J connectivity index is 1.95. The summed E-state index contributed by atoms with van der Waals surface area (Å²) in [5, 5.41) is 2.76. The van der Waals surface area contributed by atoms with E-state index in [0.717, 1.165) is 5.56 Å². The number of hydrogen-bond acceptors (Lipinski definition) is 6. The van der Waals surface area contributed by atoms with Crippen molar-refractivity contribution in [2.45, 2.75) is 38.2 Å². The summed E-state index contributed by atoms with van der Waals surface area (Å²) in [6, 6.07) is 9.21. The first-order chi connectivity index (χ1) is 11.3. The van der Waals surface area contributed by atoms with E-state index < -0.39 is 16.5 Å². The van der Waals surface area contributed by atoms with Crippen LogP contribution in [0, 0.1) is 0 Å². The first-order valence-corrected chi connectivity index (χ1v) is 8.86. The molecule has 3 atom stereocenters. The normalized spacial score (nSPS) is 24.5. The summed E-state index contributed by atoms with van der Waals surface area (Å²) >= 11 is 0. The van der Waals surface area contributed by atoms with Gasteiger partial charge in [-0.15, -0.1) is 0 Å². The molecule has 9 heteroatoms. The van der Waals surface area contributed by atoms with Crippen LogP contribution in [0.2, 0.25) is 0 Å². The van der Waals surface area contributed by atoms with E-state index in [1.807, 2.05) is 30.3 Å². The third-order valence-corrected chi connectivity index (χ3v) is 3.99.